The third-order valence-corrected chi connectivity index (χ3v) is 4.31. The molecular weight excluding hydrogens is 182 g/mol. The van der Waals surface area contributed by atoms with E-state index in [2.05, 4.69) is 34.6 Å². The van der Waals surface area contributed by atoms with Crippen LogP contribution in [0.4, 0.5) is 0 Å². The predicted octanol–water partition coefficient (Wildman–Crippen LogP) is 3.97. The third kappa shape index (κ3) is 3.48. The zero-order valence-electron chi connectivity index (χ0n) is 11.3. The summed E-state index contributed by atoms with van der Waals surface area (Å²) >= 11 is 0. The molecule has 1 heteroatoms. The second kappa shape index (κ2) is 4.45. The molecule has 0 spiro atoms. The monoisotopic (exact) mass is 211 g/mol. The summed E-state index contributed by atoms with van der Waals surface area (Å²) < 4.78 is 0. The topological polar surface area (TPSA) is 26.0 Å². The number of hydrogen-bond donors (Lipinski definition) is 1. The minimum atomic E-state index is 0.0541. The second-order valence-electron chi connectivity index (χ2n) is 6.88. The Bertz CT molecular complexity index is 200. The molecule has 1 aliphatic carbocycles. The van der Waals surface area contributed by atoms with Gasteiger partial charge in [0.1, 0.15) is 0 Å². The number of hydrogen-bond acceptors (Lipinski definition) is 1. The molecule has 0 bridgehead atoms. The molecule has 3 unspecified atom stereocenters. The molecule has 0 saturated heterocycles. The Balaban J connectivity index is 2.62. The van der Waals surface area contributed by atoms with Crippen molar-refractivity contribution in [3.63, 3.8) is 0 Å². The first-order valence-corrected chi connectivity index (χ1v) is 6.55. The average Bonchev–Trinajstić information content (AvgIpc) is 2.50. The molecule has 0 amide bonds. The van der Waals surface area contributed by atoms with Gasteiger partial charge in [-0.15, -0.1) is 0 Å². The van der Waals surface area contributed by atoms with Gasteiger partial charge in [0, 0.05) is 5.54 Å². The van der Waals surface area contributed by atoms with Crippen LogP contribution in [0.1, 0.15) is 66.7 Å². The maximum Gasteiger partial charge on any atom is 0.0126 e. The predicted molar refractivity (Wildman–Crippen MR) is 67.8 cm³/mol. The third-order valence-electron chi connectivity index (χ3n) is 4.31. The van der Waals surface area contributed by atoms with Gasteiger partial charge in [0.15, 0.2) is 0 Å². The Hall–Kier alpha value is -0.0400. The smallest absolute Gasteiger partial charge is 0.0126 e. The van der Waals surface area contributed by atoms with E-state index in [0.29, 0.717) is 5.41 Å². The first kappa shape index (κ1) is 13.0. The van der Waals surface area contributed by atoms with Gasteiger partial charge in [-0.1, -0.05) is 40.5 Å². The van der Waals surface area contributed by atoms with E-state index in [1.54, 1.807) is 0 Å². The molecule has 1 fully saturated rings. The molecule has 1 aliphatic rings. The van der Waals surface area contributed by atoms with Crippen LogP contribution in [0.2, 0.25) is 0 Å². The molecule has 90 valence electrons. The fourth-order valence-corrected chi connectivity index (χ4v) is 3.16. The summed E-state index contributed by atoms with van der Waals surface area (Å²) in [5.74, 6) is 1.74. The number of rotatable bonds is 3. The van der Waals surface area contributed by atoms with E-state index in [4.69, 9.17) is 5.73 Å². The van der Waals surface area contributed by atoms with Crippen molar-refractivity contribution in [3.8, 4) is 0 Å². The fourth-order valence-electron chi connectivity index (χ4n) is 3.16. The van der Waals surface area contributed by atoms with Crippen molar-refractivity contribution < 1.29 is 0 Å². The van der Waals surface area contributed by atoms with Gasteiger partial charge in [0.05, 0.1) is 0 Å². The van der Waals surface area contributed by atoms with Crippen LogP contribution in [0.3, 0.4) is 0 Å². The van der Waals surface area contributed by atoms with E-state index in [0.717, 1.165) is 18.3 Å². The molecule has 0 radical (unpaired) electrons. The molecule has 0 heterocycles. The van der Waals surface area contributed by atoms with Crippen molar-refractivity contribution in [1.82, 2.24) is 0 Å². The average molecular weight is 211 g/mol. The van der Waals surface area contributed by atoms with E-state index in [1.165, 1.54) is 25.7 Å². The van der Waals surface area contributed by atoms with Crippen LogP contribution in [-0.2, 0) is 0 Å². The van der Waals surface area contributed by atoms with Crippen molar-refractivity contribution in [3.05, 3.63) is 0 Å². The highest BCUT2D eigenvalue weighted by Gasteiger charge is 2.38. The first-order valence-electron chi connectivity index (χ1n) is 6.55. The number of nitrogens with two attached hydrogens (primary N) is 1. The highest BCUT2D eigenvalue weighted by molar-refractivity contribution is 4.90. The van der Waals surface area contributed by atoms with Gasteiger partial charge in [-0.3, -0.25) is 0 Å². The van der Waals surface area contributed by atoms with E-state index in [-0.39, 0.29) is 5.54 Å². The lowest BCUT2D eigenvalue weighted by Crippen LogP contribution is -2.39. The lowest BCUT2D eigenvalue weighted by molar-refractivity contribution is 0.157. The molecule has 1 nitrogen and oxygen atoms in total. The minimum absolute atomic E-state index is 0.0541. The largest absolute Gasteiger partial charge is 0.325 e. The first-order chi connectivity index (χ1) is 6.76. The van der Waals surface area contributed by atoms with Crippen LogP contribution in [0, 0.1) is 17.3 Å². The molecule has 0 aromatic rings. The van der Waals surface area contributed by atoms with Crippen LogP contribution >= 0.6 is 0 Å². The van der Waals surface area contributed by atoms with E-state index >= 15 is 0 Å². The Morgan fingerprint density at radius 1 is 1.13 bits per heavy atom. The van der Waals surface area contributed by atoms with E-state index in [9.17, 15) is 0 Å². The maximum absolute atomic E-state index is 6.30. The highest BCUT2D eigenvalue weighted by atomic mass is 14.7. The summed E-state index contributed by atoms with van der Waals surface area (Å²) in [5.41, 5.74) is 6.82. The van der Waals surface area contributed by atoms with Crippen LogP contribution in [0.15, 0.2) is 0 Å². The Kier molecular flexibility index (Phi) is 3.86. The Morgan fingerprint density at radius 2 is 1.73 bits per heavy atom. The summed E-state index contributed by atoms with van der Waals surface area (Å²) in [5, 5.41) is 0. The molecular formula is C14H29N. The zero-order valence-corrected chi connectivity index (χ0v) is 11.3. The van der Waals surface area contributed by atoms with Crippen LogP contribution < -0.4 is 5.73 Å². The summed E-state index contributed by atoms with van der Waals surface area (Å²) in [4.78, 5) is 0. The minimum Gasteiger partial charge on any atom is -0.325 e. The molecule has 0 aromatic heterocycles. The second-order valence-corrected chi connectivity index (χ2v) is 6.88. The summed E-state index contributed by atoms with van der Waals surface area (Å²) in [6, 6.07) is 0. The van der Waals surface area contributed by atoms with Crippen LogP contribution in [0.5, 0.6) is 0 Å². The van der Waals surface area contributed by atoms with Crippen LogP contribution in [0.25, 0.3) is 0 Å². The van der Waals surface area contributed by atoms with Gasteiger partial charge in [0.2, 0.25) is 0 Å². The van der Waals surface area contributed by atoms with Gasteiger partial charge in [0.25, 0.3) is 0 Å². The summed E-state index contributed by atoms with van der Waals surface area (Å²) in [6.45, 7) is 11.6. The van der Waals surface area contributed by atoms with Crippen molar-refractivity contribution in [2.45, 2.75) is 72.3 Å². The van der Waals surface area contributed by atoms with Crippen LogP contribution in [-0.4, -0.2) is 5.54 Å². The van der Waals surface area contributed by atoms with Gasteiger partial charge in [-0.25, -0.2) is 0 Å². The highest BCUT2D eigenvalue weighted by Crippen LogP contribution is 2.46. The molecule has 1 saturated carbocycles. The van der Waals surface area contributed by atoms with Crippen molar-refractivity contribution >= 4 is 0 Å². The quantitative estimate of drug-likeness (QED) is 0.751. The molecule has 0 aromatic carbocycles. The van der Waals surface area contributed by atoms with Crippen molar-refractivity contribution in [1.29, 1.82) is 0 Å². The normalized spacial score (nSPS) is 31.6. The standard InChI is InChI=1S/C14H29N/c1-6-14(5,15)10-11-8-7-9-12(11)13(2,3)4/h11-12H,6-10,15H2,1-5H3. The maximum atomic E-state index is 6.30. The summed E-state index contributed by atoms with van der Waals surface area (Å²) in [7, 11) is 0. The summed E-state index contributed by atoms with van der Waals surface area (Å²) in [6.07, 6.45) is 6.53. The zero-order chi connectivity index (χ0) is 11.7. The lowest BCUT2D eigenvalue weighted by atomic mass is 9.71. The van der Waals surface area contributed by atoms with Gasteiger partial charge >= 0.3 is 0 Å². The molecule has 2 N–H and O–H groups in total. The molecule has 3 atom stereocenters. The Labute approximate surface area is 95.8 Å². The van der Waals surface area contributed by atoms with E-state index < -0.39 is 0 Å². The van der Waals surface area contributed by atoms with Gasteiger partial charge in [-0.05, 0) is 43.4 Å². The van der Waals surface area contributed by atoms with E-state index in [1.807, 2.05) is 0 Å². The van der Waals surface area contributed by atoms with Crippen molar-refractivity contribution in [2.24, 2.45) is 23.0 Å². The van der Waals surface area contributed by atoms with Gasteiger partial charge < -0.3 is 5.73 Å². The molecule has 15 heavy (non-hydrogen) atoms. The lowest BCUT2D eigenvalue weighted by Gasteiger charge is -2.36. The molecule has 0 aliphatic heterocycles. The Morgan fingerprint density at radius 3 is 2.20 bits per heavy atom. The van der Waals surface area contributed by atoms with Crippen molar-refractivity contribution in [2.75, 3.05) is 0 Å². The SMILES string of the molecule is CCC(C)(N)CC1CCCC1C(C)(C)C. The fraction of sp³-hybridized carbons (Fsp3) is 1.00. The molecule has 1 rings (SSSR count). The van der Waals surface area contributed by atoms with Gasteiger partial charge in [-0.2, -0.15) is 0 Å².